The Morgan fingerprint density at radius 1 is 1.32 bits per heavy atom. The molecule has 2 unspecified atom stereocenters. The fourth-order valence-electron chi connectivity index (χ4n) is 4.88. The summed E-state index contributed by atoms with van der Waals surface area (Å²) in [5, 5.41) is 21.1. The number of ether oxygens (including phenoxy) is 1. The number of benzene rings is 1. The fourth-order valence-corrected chi connectivity index (χ4v) is 6.77. The minimum Gasteiger partial charge on any atom is -0.477 e. The van der Waals surface area contributed by atoms with Gasteiger partial charge in [0.25, 0.3) is 18.0 Å². The Kier molecular flexibility index (Phi) is 6.96. The van der Waals surface area contributed by atoms with Gasteiger partial charge >= 0.3 is 11.8 Å². The average Bonchev–Trinajstić information content (AvgIpc) is 3.61. The number of nitrogen functional groups attached to an aromatic ring is 1. The summed E-state index contributed by atoms with van der Waals surface area (Å²) in [6.07, 6.45) is 1.45. The number of thioether (sulfide) groups is 1. The predicted molar refractivity (Wildman–Crippen MR) is 150 cm³/mol. The first-order chi connectivity index (χ1) is 19.9. The highest BCUT2D eigenvalue weighted by Crippen LogP contribution is 2.41. The first kappa shape index (κ1) is 26.6. The molecule has 0 radical (unpaired) electrons. The molecule has 3 aliphatic rings. The van der Waals surface area contributed by atoms with Gasteiger partial charge in [-0.05, 0) is 12.1 Å². The summed E-state index contributed by atoms with van der Waals surface area (Å²) in [7, 11) is 1.28. The standard InChI is InChI=1S/C26H23N7O6S2/c1-38-31-17(15-12-41-26(27)28-15)21(34)29-18-23(35)33-19(25(36)37)14(11-40-24(18)33)10-32-9-5-8-16-20(32)30-22(39-16)13-6-3-2-4-7-13/h2-9,12,18,22,24H,10-11H2,1H3,(H4,27,28,29,34,36,37)/p+1/t18?,22?,24-/m1/s1. The van der Waals surface area contributed by atoms with Crippen molar-refractivity contribution in [3.8, 4) is 5.75 Å². The number of nitrogens with zero attached hydrogens (tertiary/aromatic N) is 4. The minimum atomic E-state index is -1.22. The van der Waals surface area contributed by atoms with E-state index in [9.17, 15) is 19.5 Å². The summed E-state index contributed by atoms with van der Waals surface area (Å²) in [5.41, 5.74) is 7.16. The van der Waals surface area contributed by atoms with Gasteiger partial charge in [-0.1, -0.05) is 35.5 Å². The molecule has 210 valence electrons. The van der Waals surface area contributed by atoms with E-state index < -0.39 is 29.2 Å². The van der Waals surface area contributed by atoms with E-state index in [1.54, 1.807) is 5.38 Å². The van der Waals surface area contributed by atoms with Crippen LogP contribution in [0.5, 0.6) is 5.75 Å². The monoisotopic (exact) mass is 594 g/mol. The third kappa shape index (κ3) is 4.82. The van der Waals surface area contributed by atoms with Crippen LogP contribution < -0.4 is 25.7 Å². The first-order valence-corrected chi connectivity index (χ1v) is 14.3. The van der Waals surface area contributed by atoms with Crippen LogP contribution in [-0.4, -0.2) is 62.8 Å². The van der Waals surface area contributed by atoms with Gasteiger partial charge in [-0.15, -0.1) is 23.1 Å². The lowest BCUT2D eigenvalue weighted by Crippen LogP contribution is -2.71. The molecule has 41 heavy (non-hydrogen) atoms. The topological polar surface area (TPSA) is 172 Å². The number of fused-ring (bicyclic) bond motifs is 2. The number of amides is 2. The van der Waals surface area contributed by atoms with Crippen LogP contribution in [0, 0.1) is 0 Å². The highest BCUT2D eigenvalue weighted by molar-refractivity contribution is 8.00. The normalized spacial score (nSPS) is 21.3. The zero-order chi connectivity index (χ0) is 28.7. The maximum Gasteiger partial charge on any atom is 0.352 e. The number of aromatic nitrogens is 2. The summed E-state index contributed by atoms with van der Waals surface area (Å²) >= 11 is 2.50. The van der Waals surface area contributed by atoms with Crippen molar-refractivity contribution in [2.45, 2.75) is 24.2 Å². The molecular weight excluding hydrogens is 570 g/mol. The zero-order valence-corrected chi connectivity index (χ0v) is 23.1. The molecule has 1 fully saturated rings. The molecule has 3 aliphatic heterocycles. The minimum absolute atomic E-state index is 0.0917. The first-order valence-electron chi connectivity index (χ1n) is 12.4. The zero-order valence-electron chi connectivity index (χ0n) is 21.5. The number of rotatable bonds is 8. The van der Waals surface area contributed by atoms with Crippen LogP contribution in [0.15, 0.2) is 70.5 Å². The van der Waals surface area contributed by atoms with E-state index in [0.717, 1.165) is 16.9 Å². The van der Waals surface area contributed by atoms with Gasteiger partial charge in [0, 0.05) is 22.3 Å². The predicted octanol–water partition coefficient (Wildman–Crippen LogP) is 1.31. The van der Waals surface area contributed by atoms with Crippen LogP contribution in [-0.2, 0) is 25.8 Å². The van der Waals surface area contributed by atoms with Crippen LogP contribution in [0.25, 0.3) is 0 Å². The van der Waals surface area contributed by atoms with Gasteiger partial charge in [-0.25, -0.2) is 19.7 Å². The Morgan fingerprint density at radius 2 is 2.12 bits per heavy atom. The van der Waals surface area contributed by atoms with Crippen molar-refractivity contribution in [2.24, 2.45) is 5.16 Å². The fraction of sp³-hybridized carbons (Fsp3) is 0.231. The maximum absolute atomic E-state index is 13.2. The lowest BCUT2D eigenvalue weighted by atomic mass is 10.0. The molecule has 6 rings (SSSR count). The number of aliphatic carboxylic acids is 1. The summed E-state index contributed by atoms with van der Waals surface area (Å²) < 4.78 is 7.95. The van der Waals surface area contributed by atoms with Crippen LogP contribution >= 0.6 is 23.1 Å². The van der Waals surface area contributed by atoms with Gasteiger partial charge in [-0.3, -0.25) is 14.5 Å². The largest absolute Gasteiger partial charge is 0.477 e. The van der Waals surface area contributed by atoms with E-state index in [1.165, 1.54) is 23.8 Å². The molecule has 15 heteroatoms. The molecule has 0 aliphatic carbocycles. The smallest absolute Gasteiger partial charge is 0.352 e. The third-order valence-electron chi connectivity index (χ3n) is 6.71. The number of nitrogens with one attached hydrogen (secondary N) is 2. The molecular formula is C26H24N7O6S2+. The van der Waals surface area contributed by atoms with E-state index in [0.29, 0.717) is 22.9 Å². The number of pyridine rings is 1. The summed E-state index contributed by atoms with van der Waals surface area (Å²) in [6, 6.07) is 12.4. The SMILES string of the molecule is CON=C(C(=O)NC1C(=O)N2C(C(=O)O)=C(C[n+]3cccc4c3NC(c3ccccc3)O4)CS[C@H]12)c1csc(N)n1. The Hall–Kier alpha value is -4.63. The lowest BCUT2D eigenvalue weighted by Gasteiger charge is -2.49. The molecule has 1 saturated heterocycles. The van der Waals surface area contributed by atoms with Gasteiger partial charge in [0.1, 0.15) is 36.5 Å². The Balaban J connectivity index is 1.21. The molecule has 3 aromatic rings. The number of oxime groups is 1. The second-order valence-electron chi connectivity index (χ2n) is 9.21. The van der Waals surface area contributed by atoms with Crippen molar-refractivity contribution < 1.29 is 33.6 Å². The molecule has 2 aromatic heterocycles. The molecule has 0 saturated carbocycles. The second-order valence-corrected chi connectivity index (χ2v) is 11.2. The van der Waals surface area contributed by atoms with E-state index in [4.69, 9.17) is 15.3 Å². The molecule has 5 heterocycles. The van der Waals surface area contributed by atoms with Gasteiger partial charge in [0.15, 0.2) is 10.8 Å². The molecule has 0 bridgehead atoms. The summed E-state index contributed by atoms with van der Waals surface area (Å²) in [6.45, 7) is 0.221. The number of carbonyl (C=O) groups is 3. The Labute approximate surface area is 241 Å². The van der Waals surface area contributed by atoms with Crippen molar-refractivity contribution in [1.29, 1.82) is 0 Å². The van der Waals surface area contributed by atoms with Crippen molar-refractivity contribution in [3.05, 3.63) is 76.6 Å². The molecule has 1 aromatic carbocycles. The van der Waals surface area contributed by atoms with E-state index in [2.05, 4.69) is 20.8 Å². The van der Waals surface area contributed by atoms with Crippen molar-refractivity contribution in [3.63, 3.8) is 0 Å². The number of hydrogen-bond acceptors (Lipinski definition) is 11. The number of nitrogens with two attached hydrogens (primary N) is 1. The van der Waals surface area contributed by atoms with Crippen LogP contribution in [0.3, 0.4) is 0 Å². The number of carboxylic acid groups (broad SMARTS) is 1. The quantitative estimate of drug-likeness (QED) is 0.129. The van der Waals surface area contributed by atoms with Crippen LogP contribution in [0.2, 0.25) is 0 Å². The lowest BCUT2D eigenvalue weighted by molar-refractivity contribution is -0.674. The summed E-state index contributed by atoms with van der Waals surface area (Å²) in [5.74, 6) is -0.755. The number of carboxylic acids is 1. The van der Waals surface area contributed by atoms with Gasteiger partial charge < -0.3 is 25.7 Å². The van der Waals surface area contributed by atoms with E-state index in [1.807, 2.05) is 53.2 Å². The number of carbonyl (C=O) groups excluding carboxylic acids is 2. The Bertz CT molecular complexity index is 1610. The molecule has 13 nitrogen and oxygen atoms in total. The highest BCUT2D eigenvalue weighted by atomic mass is 32.2. The molecule has 3 atom stereocenters. The van der Waals surface area contributed by atoms with E-state index >= 15 is 0 Å². The van der Waals surface area contributed by atoms with Gasteiger partial charge in [-0.2, -0.15) is 0 Å². The number of anilines is 2. The molecule has 0 spiro atoms. The number of hydrogen-bond donors (Lipinski definition) is 4. The molecule has 5 N–H and O–H groups in total. The van der Waals surface area contributed by atoms with Crippen molar-refractivity contribution >= 4 is 57.5 Å². The third-order valence-corrected chi connectivity index (χ3v) is 8.72. The van der Waals surface area contributed by atoms with Gasteiger partial charge in [0.05, 0.1) is 6.20 Å². The van der Waals surface area contributed by atoms with Crippen molar-refractivity contribution in [1.82, 2.24) is 15.2 Å². The van der Waals surface area contributed by atoms with Gasteiger partial charge in [0.2, 0.25) is 5.75 Å². The second kappa shape index (κ2) is 10.7. The number of β-lactam (4-membered cyclic amide) rings is 1. The maximum atomic E-state index is 13.2. The summed E-state index contributed by atoms with van der Waals surface area (Å²) in [4.78, 5) is 48.7. The highest BCUT2D eigenvalue weighted by Gasteiger charge is 2.54. The molecule has 2 amide bonds. The van der Waals surface area contributed by atoms with Crippen LogP contribution in [0.1, 0.15) is 17.5 Å². The number of thiazole rings is 1. The van der Waals surface area contributed by atoms with Crippen molar-refractivity contribution in [2.75, 3.05) is 23.9 Å². The van der Waals surface area contributed by atoms with Crippen LogP contribution in [0.4, 0.5) is 10.9 Å². The van der Waals surface area contributed by atoms with E-state index in [-0.39, 0.29) is 35.0 Å². The average molecular weight is 595 g/mol. The Morgan fingerprint density at radius 3 is 2.83 bits per heavy atom.